The molecule has 0 nitrogen and oxygen atoms in total. The number of rotatable bonds is 4. The molecule has 0 aromatic rings. The number of hydrogen-bond acceptors (Lipinski definition) is 0. The maximum Gasteiger partial charge on any atom is -0.00350 e. The molecule has 0 aliphatic rings. The van der Waals surface area contributed by atoms with E-state index in [1.54, 1.807) is 0 Å². The lowest BCUT2D eigenvalue weighted by Gasteiger charge is -2.32. The summed E-state index contributed by atoms with van der Waals surface area (Å²) in [5.41, 5.74) is 0.450. The largest absolute Gasteiger partial charge is 0.0995 e. The van der Waals surface area contributed by atoms with Gasteiger partial charge in [0, 0.05) is 0 Å². The van der Waals surface area contributed by atoms with Gasteiger partial charge in [-0.15, -0.1) is 0 Å². The highest BCUT2D eigenvalue weighted by molar-refractivity contribution is 7.69. The molecule has 0 aromatic heterocycles. The zero-order valence-electron chi connectivity index (χ0n) is 8.29. The molecule has 0 saturated carbocycles. The summed E-state index contributed by atoms with van der Waals surface area (Å²) >= 11 is 5.88. The first-order chi connectivity index (χ1) is 4.83. The summed E-state index contributed by atoms with van der Waals surface area (Å²) in [5, 5.41) is 0.321. The summed E-state index contributed by atoms with van der Waals surface area (Å²) in [4.78, 5) is 0. The van der Waals surface area contributed by atoms with Gasteiger partial charge in [-0.3, -0.25) is 0 Å². The van der Waals surface area contributed by atoms with Gasteiger partial charge in [0.2, 0.25) is 0 Å². The fourth-order valence-corrected chi connectivity index (χ4v) is 2.10. The molecule has 1 atom stereocenters. The van der Waals surface area contributed by atoms with Crippen LogP contribution in [0.15, 0.2) is 0 Å². The highest BCUT2D eigenvalue weighted by Gasteiger charge is 2.26. The Morgan fingerprint density at radius 1 is 1.18 bits per heavy atom. The molecule has 0 bridgehead atoms. The minimum atomic E-state index is 0.321. The van der Waals surface area contributed by atoms with E-state index < -0.39 is 0 Å². The predicted octanol–water partition coefficient (Wildman–Crippen LogP) is 4.42. The average Bonchev–Trinajstić information content (AvgIpc) is 1.86. The van der Waals surface area contributed by atoms with Gasteiger partial charge in [0.05, 0.1) is 0 Å². The SMILES string of the molecule is CCC(C)(C)CC(C)(C)PCl. The lowest BCUT2D eigenvalue weighted by atomic mass is 9.81. The van der Waals surface area contributed by atoms with Gasteiger partial charge in [-0.1, -0.05) is 52.3 Å². The summed E-state index contributed by atoms with van der Waals surface area (Å²) in [7, 11) is 0.533. The monoisotopic (exact) mass is 194 g/mol. The van der Waals surface area contributed by atoms with Gasteiger partial charge in [-0.2, -0.15) is 0 Å². The fourth-order valence-electron chi connectivity index (χ4n) is 1.35. The average molecular weight is 195 g/mol. The molecular formula is C9H20ClP. The Kier molecular flexibility index (Phi) is 4.37. The Morgan fingerprint density at radius 3 is 1.91 bits per heavy atom. The minimum Gasteiger partial charge on any atom is -0.0995 e. The van der Waals surface area contributed by atoms with Crippen molar-refractivity contribution >= 4 is 19.2 Å². The molecular weight excluding hydrogens is 175 g/mol. The fraction of sp³-hybridized carbons (Fsp3) is 1.00. The first kappa shape index (κ1) is 11.7. The third kappa shape index (κ3) is 5.04. The van der Waals surface area contributed by atoms with Crippen LogP contribution in [0.5, 0.6) is 0 Å². The molecule has 0 amide bonds. The molecule has 11 heavy (non-hydrogen) atoms. The summed E-state index contributed by atoms with van der Waals surface area (Å²) < 4.78 is 0. The Morgan fingerprint density at radius 2 is 1.64 bits per heavy atom. The molecule has 0 spiro atoms. The Bertz CT molecular complexity index is 105. The Balaban J connectivity index is 4.02. The Labute approximate surface area is 77.7 Å². The topological polar surface area (TPSA) is 0 Å². The lowest BCUT2D eigenvalue weighted by molar-refractivity contribution is 0.292. The summed E-state index contributed by atoms with van der Waals surface area (Å²) in [6.07, 6.45) is 2.45. The molecule has 0 heterocycles. The van der Waals surface area contributed by atoms with E-state index in [2.05, 4.69) is 34.6 Å². The molecule has 68 valence electrons. The smallest absolute Gasteiger partial charge is 0.00350 e. The van der Waals surface area contributed by atoms with Crippen LogP contribution in [0.2, 0.25) is 0 Å². The normalized spacial score (nSPS) is 14.7. The molecule has 0 radical (unpaired) electrons. The van der Waals surface area contributed by atoms with Crippen LogP contribution in [0.3, 0.4) is 0 Å². The van der Waals surface area contributed by atoms with Crippen molar-refractivity contribution < 1.29 is 0 Å². The standard InChI is InChI=1S/C9H20ClP/c1-6-8(2,3)7-9(4,5)11-10/h11H,6-7H2,1-5H3. The molecule has 0 saturated heterocycles. The van der Waals surface area contributed by atoms with E-state index in [0.717, 1.165) is 0 Å². The second-order valence-electron chi connectivity index (χ2n) is 4.67. The van der Waals surface area contributed by atoms with Crippen LogP contribution < -0.4 is 0 Å². The molecule has 1 unspecified atom stereocenters. The first-order valence-electron chi connectivity index (χ1n) is 4.21. The second kappa shape index (κ2) is 4.10. The zero-order chi connectivity index (χ0) is 9.12. The van der Waals surface area contributed by atoms with Gasteiger partial charge in [0.1, 0.15) is 0 Å². The van der Waals surface area contributed by atoms with Crippen LogP contribution in [-0.2, 0) is 0 Å². The van der Waals surface area contributed by atoms with Crippen LogP contribution in [0.4, 0.5) is 0 Å². The Hall–Kier alpha value is 0.720. The molecule has 0 aliphatic heterocycles. The van der Waals surface area contributed by atoms with E-state index in [-0.39, 0.29) is 0 Å². The molecule has 2 heteroatoms. The third-order valence-corrected chi connectivity index (χ3v) is 4.36. The molecule has 0 N–H and O–H groups in total. The third-order valence-electron chi connectivity index (χ3n) is 2.13. The lowest BCUT2D eigenvalue weighted by Crippen LogP contribution is -2.23. The maximum atomic E-state index is 5.88. The van der Waals surface area contributed by atoms with E-state index in [0.29, 0.717) is 18.5 Å². The van der Waals surface area contributed by atoms with Crippen molar-refractivity contribution in [2.75, 3.05) is 0 Å². The first-order valence-corrected chi connectivity index (χ1v) is 6.22. The molecule has 0 rings (SSSR count). The van der Waals surface area contributed by atoms with Gasteiger partial charge >= 0.3 is 0 Å². The van der Waals surface area contributed by atoms with Gasteiger partial charge < -0.3 is 0 Å². The van der Waals surface area contributed by atoms with E-state index in [9.17, 15) is 0 Å². The van der Waals surface area contributed by atoms with Crippen LogP contribution in [0.25, 0.3) is 0 Å². The highest BCUT2D eigenvalue weighted by atomic mass is 35.7. The van der Waals surface area contributed by atoms with Gasteiger partial charge in [-0.25, -0.2) is 0 Å². The maximum absolute atomic E-state index is 5.88. The van der Waals surface area contributed by atoms with Crippen molar-refractivity contribution in [3.05, 3.63) is 0 Å². The van der Waals surface area contributed by atoms with E-state index in [4.69, 9.17) is 11.2 Å². The van der Waals surface area contributed by atoms with Crippen LogP contribution >= 0.6 is 19.2 Å². The quantitative estimate of drug-likeness (QED) is 0.581. The van der Waals surface area contributed by atoms with E-state index >= 15 is 0 Å². The van der Waals surface area contributed by atoms with Crippen molar-refractivity contribution in [1.29, 1.82) is 0 Å². The summed E-state index contributed by atoms with van der Waals surface area (Å²) in [6, 6.07) is 0. The van der Waals surface area contributed by atoms with E-state index in [1.165, 1.54) is 12.8 Å². The van der Waals surface area contributed by atoms with E-state index in [1.807, 2.05) is 0 Å². The molecule has 0 aliphatic carbocycles. The highest BCUT2D eigenvalue weighted by Crippen LogP contribution is 2.44. The molecule has 0 fully saturated rings. The van der Waals surface area contributed by atoms with Crippen molar-refractivity contribution in [3.8, 4) is 0 Å². The van der Waals surface area contributed by atoms with Crippen molar-refractivity contribution in [2.24, 2.45) is 5.41 Å². The predicted molar refractivity (Wildman–Crippen MR) is 56.9 cm³/mol. The van der Waals surface area contributed by atoms with Crippen molar-refractivity contribution in [3.63, 3.8) is 0 Å². The van der Waals surface area contributed by atoms with Gasteiger partial charge in [0.25, 0.3) is 0 Å². The van der Waals surface area contributed by atoms with Gasteiger partial charge in [-0.05, 0) is 24.9 Å². The van der Waals surface area contributed by atoms with Gasteiger partial charge in [0.15, 0.2) is 0 Å². The van der Waals surface area contributed by atoms with Crippen LogP contribution in [0.1, 0.15) is 47.5 Å². The molecule has 0 aromatic carbocycles. The summed E-state index contributed by atoms with van der Waals surface area (Å²) in [6.45, 7) is 11.4. The van der Waals surface area contributed by atoms with Crippen LogP contribution in [0, 0.1) is 5.41 Å². The van der Waals surface area contributed by atoms with Crippen molar-refractivity contribution in [1.82, 2.24) is 0 Å². The second-order valence-corrected chi connectivity index (χ2v) is 6.78. The van der Waals surface area contributed by atoms with Crippen molar-refractivity contribution in [2.45, 2.75) is 52.6 Å². The number of hydrogen-bond donors (Lipinski definition) is 0. The minimum absolute atomic E-state index is 0.321. The zero-order valence-corrected chi connectivity index (χ0v) is 10.0. The number of halogens is 1. The summed E-state index contributed by atoms with van der Waals surface area (Å²) in [5.74, 6) is 0. The van der Waals surface area contributed by atoms with Crippen LogP contribution in [-0.4, -0.2) is 5.16 Å².